The van der Waals surface area contributed by atoms with Crippen molar-refractivity contribution in [1.82, 2.24) is 4.98 Å². The van der Waals surface area contributed by atoms with Gasteiger partial charge in [-0.1, -0.05) is 0 Å². The number of anilines is 2. The Labute approximate surface area is 147 Å². The molecule has 1 saturated carbocycles. The van der Waals surface area contributed by atoms with Gasteiger partial charge in [-0.3, -0.25) is 5.41 Å². The van der Waals surface area contributed by atoms with Crippen LogP contribution in [0.25, 0.3) is 0 Å². The van der Waals surface area contributed by atoms with Crippen LogP contribution in [0.1, 0.15) is 24.0 Å². The van der Waals surface area contributed by atoms with Crippen molar-refractivity contribution in [3.05, 3.63) is 47.7 Å². The van der Waals surface area contributed by atoms with E-state index in [0.717, 1.165) is 43.1 Å². The number of hydrogen-bond donors (Lipinski definition) is 2. The van der Waals surface area contributed by atoms with Crippen LogP contribution in [0.3, 0.4) is 0 Å². The number of rotatable bonds is 5. The number of hydrogen-bond acceptors (Lipinski definition) is 6. The van der Waals surface area contributed by atoms with Gasteiger partial charge in [0.15, 0.2) is 0 Å². The molecule has 1 saturated heterocycles. The molecular weight excluding hydrogens is 316 g/mol. The minimum Gasteiger partial charge on any atom is -0.490 e. The number of benzene rings is 1. The lowest BCUT2D eigenvalue weighted by Crippen LogP contribution is -2.36. The summed E-state index contributed by atoms with van der Waals surface area (Å²) >= 11 is 0. The highest BCUT2D eigenvalue weighted by Gasteiger charge is 2.24. The number of nitrogen functional groups attached to an aromatic ring is 1. The van der Waals surface area contributed by atoms with Gasteiger partial charge in [-0.15, -0.1) is 0 Å². The smallest absolute Gasteiger partial charge is 0.129 e. The Morgan fingerprint density at radius 1 is 1.20 bits per heavy atom. The molecule has 1 aromatic carbocycles. The van der Waals surface area contributed by atoms with Crippen LogP contribution in [0.2, 0.25) is 0 Å². The van der Waals surface area contributed by atoms with Gasteiger partial charge in [-0.2, -0.15) is 0 Å². The summed E-state index contributed by atoms with van der Waals surface area (Å²) in [5, 5.41) is 8.61. The molecule has 6 nitrogen and oxygen atoms in total. The second-order valence-corrected chi connectivity index (χ2v) is 6.44. The molecule has 0 amide bonds. The van der Waals surface area contributed by atoms with Crippen molar-refractivity contribution >= 4 is 17.2 Å². The molecule has 1 aliphatic heterocycles. The van der Waals surface area contributed by atoms with E-state index < -0.39 is 0 Å². The first-order chi connectivity index (χ1) is 12.2. The summed E-state index contributed by atoms with van der Waals surface area (Å²) in [5.74, 6) is 1.65. The third-order valence-electron chi connectivity index (χ3n) is 4.49. The Morgan fingerprint density at radius 2 is 2.00 bits per heavy atom. The van der Waals surface area contributed by atoms with Gasteiger partial charge < -0.3 is 20.1 Å². The fourth-order valence-electron chi connectivity index (χ4n) is 2.90. The summed E-state index contributed by atoms with van der Waals surface area (Å²) in [6.07, 6.45) is 4.27. The van der Waals surface area contributed by atoms with Gasteiger partial charge in [0, 0.05) is 36.1 Å². The van der Waals surface area contributed by atoms with Gasteiger partial charge in [0.1, 0.15) is 11.6 Å². The lowest BCUT2D eigenvalue weighted by Gasteiger charge is -2.28. The van der Waals surface area contributed by atoms with Crippen LogP contribution in [0.5, 0.6) is 5.75 Å². The fraction of sp³-hybridized carbons (Fsp3) is 0.368. The standard InChI is InChI=1S/C19H22N4O2/c20-17-4-3-15(25-14-1-2-14)12-16(17)19(21)13-5-6-22-18(11-13)23-7-9-24-10-8-23/h3-6,11-12,14,21H,1-2,7-10,20H2. The topological polar surface area (TPSA) is 84.5 Å². The first kappa shape index (κ1) is 15.9. The summed E-state index contributed by atoms with van der Waals surface area (Å²) in [6, 6.07) is 9.34. The zero-order chi connectivity index (χ0) is 17.2. The summed E-state index contributed by atoms with van der Waals surface area (Å²) in [6.45, 7) is 3.04. The van der Waals surface area contributed by atoms with Gasteiger partial charge in [-0.05, 0) is 43.2 Å². The van der Waals surface area contributed by atoms with Crippen molar-refractivity contribution in [2.45, 2.75) is 18.9 Å². The molecule has 130 valence electrons. The second-order valence-electron chi connectivity index (χ2n) is 6.44. The van der Waals surface area contributed by atoms with E-state index in [1.165, 1.54) is 0 Å². The van der Waals surface area contributed by atoms with Crippen LogP contribution in [0.4, 0.5) is 11.5 Å². The molecule has 6 heteroatoms. The first-order valence-corrected chi connectivity index (χ1v) is 8.65. The van der Waals surface area contributed by atoms with E-state index in [9.17, 15) is 0 Å². The first-order valence-electron chi connectivity index (χ1n) is 8.65. The monoisotopic (exact) mass is 338 g/mol. The average Bonchev–Trinajstić information content (AvgIpc) is 3.48. The maximum absolute atomic E-state index is 8.61. The molecule has 0 radical (unpaired) electrons. The Morgan fingerprint density at radius 3 is 2.76 bits per heavy atom. The van der Waals surface area contributed by atoms with Crippen LogP contribution in [-0.2, 0) is 4.74 Å². The van der Waals surface area contributed by atoms with Crippen molar-refractivity contribution in [3.8, 4) is 5.75 Å². The molecule has 0 atom stereocenters. The molecule has 2 heterocycles. The summed E-state index contributed by atoms with van der Waals surface area (Å²) in [4.78, 5) is 6.62. The Balaban J connectivity index is 1.59. The van der Waals surface area contributed by atoms with Crippen molar-refractivity contribution in [3.63, 3.8) is 0 Å². The van der Waals surface area contributed by atoms with Crippen molar-refractivity contribution in [1.29, 1.82) is 5.41 Å². The van der Waals surface area contributed by atoms with Gasteiger partial charge >= 0.3 is 0 Å². The number of nitrogens with zero attached hydrogens (tertiary/aromatic N) is 2. The molecule has 0 spiro atoms. The molecule has 25 heavy (non-hydrogen) atoms. The van der Waals surface area contributed by atoms with E-state index in [2.05, 4.69) is 9.88 Å². The zero-order valence-corrected chi connectivity index (χ0v) is 14.1. The van der Waals surface area contributed by atoms with E-state index >= 15 is 0 Å². The van der Waals surface area contributed by atoms with Crippen LogP contribution in [0, 0.1) is 5.41 Å². The van der Waals surface area contributed by atoms with Gasteiger partial charge in [0.2, 0.25) is 0 Å². The Kier molecular flexibility index (Phi) is 4.28. The van der Waals surface area contributed by atoms with Gasteiger partial charge in [-0.25, -0.2) is 4.98 Å². The molecule has 4 rings (SSSR count). The summed E-state index contributed by atoms with van der Waals surface area (Å²) in [5.41, 5.74) is 8.57. The maximum atomic E-state index is 8.61. The van der Waals surface area contributed by atoms with Crippen molar-refractivity contribution in [2.75, 3.05) is 36.9 Å². The van der Waals surface area contributed by atoms with Crippen molar-refractivity contribution in [2.24, 2.45) is 0 Å². The largest absolute Gasteiger partial charge is 0.490 e. The number of aromatic nitrogens is 1. The van der Waals surface area contributed by atoms with Crippen molar-refractivity contribution < 1.29 is 9.47 Å². The van der Waals surface area contributed by atoms with E-state index in [4.69, 9.17) is 20.6 Å². The quantitative estimate of drug-likeness (QED) is 0.646. The zero-order valence-electron chi connectivity index (χ0n) is 14.1. The second kappa shape index (κ2) is 6.72. The van der Waals surface area contributed by atoms with Gasteiger partial charge in [0.25, 0.3) is 0 Å². The number of pyridine rings is 1. The molecule has 2 aromatic rings. The fourth-order valence-corrected chi connectivity index (χ4v) is 2.90. The molecule has 0 unspecified atom stereocenters. The predicted molar refractivity (Wildman–Crippen MR) is 97.7 cm³/mol. The van der Waals surface area contributed by atoms with E-state index in [-0.39, 0.29) is 0 Å². The minimum absolute atomic E-state index is 0.319. The summed E-state index contributed by atoms with van der Waals surface area (Å²) < 4.78 is 11.2. The van der Waals surface area contributed by atoms with E-state index in [1.54, 1.807) is 6.20 Å². The highest BCUT2D eigenvalue weighted by Crippen LogP contribution is 2.29. The predicted octanol–water partition coefficient (Wildman–Crippen LogP) is 2.46. The number of ether oxygens (including phenoxy) is 2. The lowest BCUT2D eigenvalue weighted by molar-refractivity contribution is 0.122. The normalized spacial score (nSPS) is 17.4. The third kappa shape index (κ3) is 3.58. The highest BCUT2D eigenvalue weighted by atomic mass is 16.5. The number of nitrogens with two attached hydrogens (primary N) is 1. The van der Waals surface area contributed by atoms with Gasteiger partial charge in [0.05, 0.1) is 25.0 Å². The summed E-state index contributed by atoms with van der Waals surface area (Å²) in [7, 11) is 0. The molecular formula is C19H22N4O2. The third-order valence-corrected chi connectivity index (χ3v) is 4.49. The Bertz CT molecular complexity index is 783. The number of morpholine rings is 1. The Hall–Kier alpha value is -2.60. The highest BCUT2D eigenvalue weighted by molar-refractivity contribution is 6.14. The molecule has 2 aliphatic rings. The van der Waals surface area contributed by atoms with Crippen LogP contribution < -0.4 is 15.4 Å². The minimum atomic E-state index is 0.319. The van der Waals surface area contributed by atoms with E-state index in [0.29, 0.717) is 36.3 Å². The molecule has 1 aliphatic carbocycles. The lowest BCUT2D eigenvalue weighted by atomic mass is 10.0. The van der Waals surface area contributed by atoms with Crippen LogP contribution in [0.15, 0.2) is 36.5 Å². The molecule has 1 aromatic heterocycles. The SMILES string of the molecule is N=C(c1ccnc(N2CCOCC2)c1)c1cc(OC2CC2)ccc1N. The van der Waals surface area contributed by atoms with E-state index in [1.807, 2.05) is 30.3 Å². The van der Waals surface area contributed by atoms with Crippen LogP contribution in [-0.4, -0.2) is 43.1 Å². The molecule has 2 fully saturated rings. The maximum Gasteiger partial charge on any atom is 0.129 e. The number of nitrogens with one attached hydrogen (secondary N) is 1. The van der Waals surface area contributed by atoms with Crippen LogP contribution >= 0.6 is 0 Å². The average molecular weight is 338 g/mol. The molecule has 0 bridgehead atoms. The molecule has 3 N–H and O–H groups in total.